The number of rotatable bonds is 2. The summed E-state index contributed by atoms with van der Waals surface area (Å²) in [6, 6.07) is 7.69. The van der Waals surface area contributed by atoms with Gasteiger partial charge in [0.15, 0.2) is 0 Å². The number of nitrogens with zero attached hydrogens (tertiary/aromatic N) is 2. The van der Waals surface area contributed by atoms with Crippen molar-refractivity contribution in [2.75, 3.05) is 19.5 Å². The van der Waals surface area contributed by atoms with Gasteiger partial charge in [-0.3, -0.25) is 0 Å². The van der Waals surface area contributed by atoms with Crippen molar-refractivity contribution in [3.8, 4) is 0 Å². The molecule has 1 aliphatic heterocycles. The smallest absolute Gasteiger partial charge is 0.228 e. The molecule has 5 nitrogen and oxygen atoms in total. The van der Waals surface area contributed by atoms with E-state index in [2.05, 4.69) is 4.98 Å². The highest BCUT2D eigenvalue weighted by atomic mass is 32.2. The Morgan fingerprint density at radius 3 is 2.63 bits per heavy atom. The molecule has 102 valence electrons. The Morgan fingerprint density at radius 2 is 1.95 bits per heavy atom. The van der Waals surface area contributed by atoms with Crippen molar-refractivity contribution in [1.29, 1.82) is 0 Å². The van der Waals surface area contributed by atoms with Gasteiger partial charge < -0.3 is 9.30 Å². The Balaban J connectivity index is 2.24. The average Bonchev–Trinajstić information content (AvgIpc) is 2.79. The van der Waals surface area contributed by atoms with E-state index in [1.54, 1.807) is 0 Å². The van der Waals surface area contributed by atoms with Gasteiger partial charge in [0, 0.05) is 25.5 Å². The normalized spacial score (nSPS) is 17.9. The van der Waals surface area contributed by atoms with Crippen LogP contribution in [-0.2, 0) is 14.6 Å². The zero-order valence-electron chi connectivity index (χ0n) is 10.7. The summed E-state index contributed by atoms with van der Waals surface area (Å²) in [6.45, 7) is 1.33. The van der Waals surface area contributed by atoms with Crippen LogP contribution < -0.4 is 0 Å². The second kappa shape index (κ2) is 4.61. The summed E-state index contributed by atoms with van der Waals surface area (Å²) < 4.78 is 31.1. The van der Waals surface area contributed by atoms with Crippen LogP contribution >= 0.6 is 0 Å². The molecule has 0 amide bonds. The van der Waals surface area contributed by atoms with Gasteiger partial charge in [0.2, 0.25) is 15.0 Å². The molecule has 2 aromatic rings. The van der Waals surface area contributed by atoms with Crippen molar-refractivity contribution in [3.05, 3.63) is 24.3 Å². The first-order chi connectivity index (χ1) is 9.07. The van der Waals surface area contributed by atoms with E-state index in [4.69, 9.17) is 4.74 Å². The molecule has 1 aromatic heterocycles. The summed E-state index contributed by atoms with van der Waals surface area (Å²) >= 11 is 0. The molecule has 0 saturated carbocycles. The van der Waals surface area contributed by atoms with Crippen LogP contribution in [0.5, 0.6) is 0 Å². The molecule has 1 fully saturated rings. The van der Waals surface area contributed by atoms with E-state index in [0.717, 1.165) is 23.9 Å². The summed E-state index contributed by atoms with van der Waals surface area (Å²) in [5, 5.41) is 0.167. The van der Waals surface area contributed by atoms with Gasteiger partial charge in [-0.05, 0) is 25.0 Å². The number of para-hydroxylation sites is 2. The number of imidazole rings is 1. The van der Waals surface area contributed by atoms with Gasteiger partial charge in [-0.1, -0.05) is 12.1 Å². The molecule has 0 bridgehead atoms. The van der Waals surface area contributed by atoms with E-state index in [1.807, 2.05) is 28.8 Å². The third-order valence-electron chi connectivity index (χ3n) is 3.45. The molecule has 0 radical (unpaired) electrons. The molecule has 0 N–H and O–H groups in total. The number of hydrogen-bond donors (Lipinski definition) is 0. The lowest BCUT2D eigenvalue weighted by Crippen LogP contribution is -2.22. The van der Waals surface area contributed by atoms with Gasteiger partial charge >= 0.3 is 0 Å². The molecular weight excluding hydrogens is 264 g/mol. The first-order valence-corrected chi connectivity index (χ1v) is 8.21. The third kappa shape index (κ3) is 2.26. The van der Waals surface area contributed by atoms with E-state index in [0.29, 0.717) is 13.2 Å². The summed E-state index contributed by atoms with van der Waals surface area (Å²) in [5.74, 6) is 0. The number of benzene rings is 1. The van der Waals surface area contributed by atoms with Crippen LogP contribution in [0.4, 0.5) is 0 Å². The van der Waals surface area contributed by atoms with E-state index >= 15 is 0 Å². The molecule has 19 heavy (non-hydrogen) atoms. The molecule has 1 aromatic carbocycles. The number of sulfone groups is 1. The Morgan fingerprint density at radius 1 is 1.26 bits per heavy atom. The molecular formula is C13H16N2O3S. The first kappa shape index (κ1) is 12.6. The average molecular weight is 280 g/mol. The highest BCUT2D eigenvalue weighted by molar-refractivity contribution is 7.90. The maximum atomic E-state index is 12.0. The summed E-state index contributed by atoms with van der Waals surface area (Å²) in [7, 11) is -3.33. The number of fused-ring (bicyclic) bond motifs is 1. The quantitative estimate of drug-likeness (QED) is 0.841. The maximum Gasteiger partial charge on any atom is 0.228 e. The lowest BCUT2D eigenvalue weighted by molar-refractivity contribution is 0.0683. The van der Waals surface area contributed by atoms with Gasteiger partial charge in [-0.25, -0.2) is 13.4 Å². The van der Waals surface area contributed by atoms with Crippen LogP contribution in [0.2, 0.25) is 0 Å². The summed E-state index contributed by atoms with van der Waals surface area (Å²) in [4.78, 5) is 4.29. The van der Waals surface area contributed by atoms with Crippen LogP contribution in [0.15, 0.2) is 29.4 Å². The van der Waals surface area contributed by atoms with E-state index in [9.17, 15) is 8.42 Å². The van der Waals surface area contributed by atoms with Gasteiger partial charge in [-0.15, -0.1) is 0 Å². The molecule has 0 spiro atoms. The van der Waals surface area contributed by atoms with Crippen LogP contribution in [0.1, 0.15) is 18.9 Å². The molecule has 3 rings (SSSR count). The zero-order chi connectivity index (χ0) is 13.5. The second-order valence-electron chi connectivity index (χ2n) is 4.87. The molecule has 6 heteroatoms. The Labute approximate surface area is 112 Å². The van der Waals surface area contributed by atoms with Crippen LogP contribution in [0.25, 0.3) is 11.0 Å². The minimum absolute atomic E-state index is 0.144. The van der Waals surface area contributed by atoms with Gasteiger partial charge in [0.25, 0.3) is 0 Å². The van der Waals surface area contributed by atoms with Crippen molar-refractivity contribution in [2.24, 2.45) is 0 Å². The molecule has 0 unspecified atom stereocenters. The second-order valence-corrected chi connectivity index (χ2v) is 6.78. The minimum atomic E-state index is -3.33. The van der Waals surface area contributed by atoms with Gasteiger partial charge in [0.1, 0.15) is 0 Å². The predicted molar refractivity (Wildman–Crippen MR) is 71.9 cm³/mol. The van der Waals surface area contributed by atoms with Crippen molar-refractivity contribution >= 4 is 20.9 Å². The van der Waals surface area contributed by atoms with Crippen molar-refractivity contribution in [2.45, 2.75) is 24.0 Å². The van der Waals surface area contributed by atoms with E-state index in [-0.39, 0.29) is 11.2 Å². The number of hydrogen-bond acceptors (Lipinski definition) is 4. The van der Waals surface area contributed by atoms with E-state index < -0.39 is 9.84 Å². The Bertz CT molecular complexity index is 700. The molecule has 1 saturated heterocycles. The summed E-state index contributed by atoms with van der Waals surface area (Å²) in [5.41, 5.74) is 1.62. The Kier molecular flexibility index (Phi) is 3.06. The minimum Gasteiger partial charge on any atom is -0.381 e. The number of ether oxygens (including phenoxy) is 1. The lowest BCUT2D eigenvalue weighted by atomic mass is 10.1. The van der Waals surface area contributed by atoms with Crippen molar-refractivity contribution in [3.63, 3.8) is 0 Å². The molecule has 0 atom stereocenters. The fourth-order valence-electron chi connectivity index (χ4n) is 2.58. The van der Waals surface area contributed by atoms with Gasteiger partial charge in [0.05, 0.1) is 11.0 Å². The predicted octanol–water partition coefficient (Wildman–Crippen LogP) is 1.79. The summed E-state index contributed by atoms with van der Waals surface area (Å²) in [6.07, 6.45) is 2.86. The zero-order valence-corrected chi connectivity index (χ0v) is 11.6. The number of aromatic nitrogens is 2. The largest absolute Gasteiger partial charge is 0.381 e. The monoisotopic (exact) mass is 280 g/mol. The topological polar surface area (TPSA) is 61.2 Å². The van der Waals surface area contributed by atoms with E-state index in [1.165, 1.54) is 6.26 Å². The highest BCUT2D eigenvalue weighted by Crippen LogP contribution is 2.29. The van der Waals surface area contributed by atoms with Crippen LogP contribution in [0, 0.1) is 0 Å². The fourth-order valence-corrected chi connectivity index (χ4v) is 3.45. The molecule has 2 heterocycles. The maximum absolute atomic E-state index is 12.0. The van der Waals surface area contributed by atoms with Crippen molar-refractivity contribution < 1.29 is 13.2 Å². The standard InChI is InChI=1S/C13H16N2O3S/c1-19(16,17)13-14-11-4-2-3-5-12(11)15(13)10-6-8-18-9-7-10/h2-5,10H,6-9H2,1H3. The lowest BCUT2D eigenvalue weighted by Gasteiger charge is -2.25. The van der Waals surface area contributed by atoms with Gasteiger partial charge in [-0.2, -0.15) is 0 Å². The molecule has 0 aliphatic carbocycles. The van der Waals surface area contributed by atoms with Crippen molar-refractivity contribution in [1.82, 2.24) is 9.55 Å². The third-order valence-corrected chi connectivity index (χ3v) is 4.40. The first-order valence-electron chi connectivity index (χ1n) is 6.32. The molecule has 1 aliphatic rings. The van der Waals surface area contributed by atoms with Crippen LogP contribution in [-0.4, -0.2) is 37.4 Å². The highest BCUT2D eigenvalue weighted by Gasteiger charge is 2.26. The fraction of sp³-hybridized carbons (Fsp3) is 0.462. The SMILES string of the molecule is CS(=O)(=O)c1nc2ccccc2n1C1CCOCC1. The van der Waals surface area contributed by atoms with Crippen LogP contribution in [0.3, 0.4) is 0 Å². The Hall–Kier alpha value is -1.40.